The second kappa shape index (κ2) is 13.3. The van der Waals surface area contributed by atoms with Gasteiger partial charge in [-0.3, -0.25) is 14.7 Å². The molecule has 1 aliphatic rings. The molecule has 3 aromatic rings. The lowest BCUT2D eigenvalue weighted by Crippen LogP contribution is -2.53. The van der Waals surface area contributed by atoms with Crippen LogP contribution in [0.3, 0.4) is 0 Å². The maximum absolute atomic E-state index is 11.4. The van der Waals surface area contributed by atoms with Crippen molar-refractivity contribution in [2.24, 2.45) is 0 Å². The lowest BCUT2D eigenvalue weighted by molar-refractivity contribution is -0.0425. The minimum atomic E-state index is -0.148. The number of phenolic OH excluding ortho intramolecular Hbond substituents is 3. The van der Waals surface area contributed by atoms with Crippen molar-refractivity contribution in [3.63, 3.8) is 0 Å². The predicted octanol–water partition coefficient (Wildman–Crippen LogP) is 9.24. The summed E-state index contributed by atoms with van der Waals surface area (Å²) in [4.78, 5) is 7.33. The molecule has 0 spiro atoms. The number of phenols is 3. The summed E-state index contributed by atoms with van der Waals surface area (Å²) in [6.07, 6.45) is 0. The average molecular weight is 658 g/mol. The second-order valence-electron chi connectivity index (χ2n) is 17.8. The zero-order valence-electron chi connectivity index (χ0n) is 32.7. The molecule has 264 valence electrons. The van der Waals surface area contributed by atoms with Gasteiger partial charge in [0.05, 0.1) is 20.0 Å². The summed E-state index contributed by atoms with van der Waals surface area (Å²) in [7, 11) is 0. The number of aryl methyl sites for hydroxylation is 3. The molecule has 4 rings (SSSR count). The molecule has 0 bridgehead atoms. The van der Waals surface area contributed by atoms with Crippen molar-refractivity contribution in [1.82, 2.24) is 14.7 Å². The maximum atomic E-state index is 11.4. The van der Waals surface area contributed by atoms with Crippen LogP contribution in [0.5, 0.6) is 17.2 Å². The monoisotopic (exact) mass is 657 g/mol. The van der Waals surface area contributed by atoms with E-state index in [1.807, 2.05) is 20.8 Å². The number of benzene rings is 3. The molecule has 0 radical (unpaired) electrons. The highest BCUT2D eigenvalue weighted by molar-refractivity contribution is 5.54. The topological polar surface area (TPSA) is 70.4 Å². The second-order valence-corrected chi connectivity index (χ2v) is 17.8. The van der Waals surface area contributed by atoms with Gasteiger partial charge in [-0.2, -0.15) is 0 Å². The van der Waals surface area contributed by atoms with Crippen molar-refractivity contribution in [1.29, 1.82) is 0 Å². The summed E-state index contributed by atoms with van der Waals surface area (Å²) in [6.45, 7) is 36.2. The number of rotatable bonds is 6. The molecule has 6 nitrogen and oxygen atoms in total. The molecule has 48 heavy (non-hydrogen) atoms. The molecule has 6 heteroatoms. The molecule has 0 saturated carbocycles. The average Bonchev–Trinajstić information content (AvgIpc) is 2.90. The van der Waals surface area contributed by atoms with E-state index < -0.39 is 0 Å². The fourth-order valence-corrected chi connectivity index (χ4v) is 8.24. The zero-order valence-corrected chi connectivity index (χ0v) is 32.7. The Morgan fingerprint density at radius 1 is 0.438 bits per heavy atom. The molecule has 1 heterocycles. The van der Waals surface area contributed by atoms with Gasteiger partial charge in [0, 0.05) is 36.3 Å². The highest BCUT2D eigenvalue weighted by atomic mass is 16.3. The Morgan fingerprint density at radius 2 is 0.646 bits per heavy atom. The van der Waals surface area contributed by atoms with Crippen LogP contribution in [0.4, 0.5) is 0 Å². The molecule has 1 fully saturated rings. The van der Waals surface area contributed by atoms with Crippen molar-refractivity contribution < 1.29 is 15.3 Å². The largest absolute Gasteiger partial charge is 0.507 e. The first-order valence-electron chi connectivity index (χ1n) is 17.6. The summed E-state index contributed by atoms with van der Waals surface area (Å²) in [6, 6.07) is 6.77. The summed E-state index contributed by atoms with van der Waals surface area (Å²) in [5.41, 5.74) is 12.2. The molecule has 0 aliphatic carbocycles. The van der Waals surface area contributed by atoms with Crippen molar-refractivity contribution in [2.45, 2.75) is 140 Å². The minimum absolute atomic E-state index is 0.148. The van der Waals surface area contributed by atoms with Crippen LogP contribution >= 0.6 is 0 Å². The third kappa shape index (κ3) is 7.72. The first-order valence-corrected chi connectivity index (χ1v) is 17.6. The molecule has 0 amide bonds. The van der Waals surface area contributed by atoms with Crippen LogP contribution in [0.15, 0.2) is 18.2 Å². The van der Waals surface area contributed by atoms with E-state index in [0.29, 0.717) is 36.9 Å². The summed E-state index contributed by atoms with van der Waals surface area (Å²) < 4.78 is 0. The van der Waals surface area contributed by atoms with E-state index in [9.17, 15) is 15.3 Å². The molecule has 1 saturated heterocycles. The third-order valence-electron chi connectivity index (χ3n) is 10.2. The lowest BCUT2D eigenvalue weighted by atomic mass is 9.81. The van der Waals surface area contributed by atoms with Crippen LogP contribution in [0.25, 0.3) is 0 Å². The van der Waals surface area contributed by atoms with E-state index in [-0.39, 0.29) is 16.2 Å². The van der Waals surface area contributed by atoms with Gasteiger partial charge in [-0.25, -0.2) is 0 Å². The molecule has 3 N–H and O–H groups in total. The molecule has 0 atom stereocenters. The molecule has 0 aromatic heterocycles. The zero-order chi connectivity index (χ0) is 36.3. The normalized spacial score (nSPS) is 15.8. The Kier molecular flexibility index (Phi) is 10.5. The Bertz CT molecular complexity index is 1480. The Morgan fingerprint density at radius 3 is 0.833 bits per heavy atom. The van der Waals surface area contributed by atoms with Gasteiger partial charge in [-0.05, 0) is 108 Å². The Balaban J connectivity index is 1.72. The standard InChI is InChI=1S/C42H63N3O3/c1-25-16-31(28(4)37(46)34(25)40(7,8)9)19-43-22-44(20-32-17-26(2)35(41(10,11)12)38(47)29(32)5)24-45(23-43)21-33-18-27(3)36(42(13,14)15)39(48)30(33)6/h16-18,46-48H,19-24H2,1-15H3. The van der Waals surface area contributed by atoms with Crippen molar-refractivity contribution >= 4 is 0 Å². The molecule has 3 aromatic carbocycles. The van der Waals surface area contributed by atoms with Gasteiger partial charge in [-0.15, -0.1) is 0 Å². The lowest BCUT2D eigenvalue weighted by Gasteiger charge is -2.43. The Labute approximate surface area is 291 Å². The smallest absolute Gasteiger partial charge is 0.122 e. The van der Waals surface area contributed by atoms with Crippen LogP contribution < -0.4 is 0 Å². The molecule has 1 aliphatic heterocycles. The highest BCUT2D eigenvalue weighted by Crippen LogP contribution is 2.41. The van der Waals surface area contributed by atoms with Crippen LogP contribution in [-0.2, 0) is 35.9 Å². The van der Waals surface area contributed by atoms with Gasteiger partial charge in [0.25, 0.3) is 0 Å². The molecular formula is C42H63N3O3. The van der Waals surface area contributed by atoms with Crippen LogP contribution in [0.1, 0.15) is 129 Å². The van der Waals surface area contributed by atoms with Crippen molar-refractivity contribution in [3.05, 3.63) is 85.0 Å². The van der Waals surface area contributed by atoms with Crippen LogP contribution in [0.2, 0.25) is 0 Å². The van der Waals surface area contributed by atoms with E-state index in [4.69, 9.17) is 0 Å². The first kappa shape index (κ1) is 37.8. The highest BCUT2D eigenvalue weighted by Gasteiger charge is 2.30. The van der Waals surface area contributed by atoms with Gasteiger partial charge in [0.2, 0.25) is 0 Å². The van der Waals surface area contributed by atoms with Gasteiger partial charge >= 0.3 is 0 Å². The Hall–Kier alpha value is -3.06. The number of hydrogen-bond acceptors (Lipinski definition) is 6. The third-order valence-corrected chi connectivity index (χ3v) is 10.2. The quantitative estimate of drug-likeness (QED) is 0.246. The molecule has 0 unspecified atom stereocenters. The van der Waals surface area contributed by atoms with Gasteiger partial charge < -0.3 is 15.3 Å². The number of nitrogens with zero attached hydrogens (tertiary/aromatic N) is 3. The van der Waals surface area contributed by atoms with E-state index in [2.05, 4.69) is 116 Å². The number of hydrogen-bond donors (Lipinski definition) is 3. The van der Waals surface area contributed by atoms with Gasteiger partial charge in [0.1, 0.15) is 17.2 Å². The minimum Gasteiger partial charge on any atom is -0.507 e. The van der Waals surface area contributed by atoms with E-state index in [1.54, 1.807) is 0 Å². The van der Waals surface area contributed by atoms with Gasteiger partial charge in [0.15, 0.2) is 0 Å². The SMILES string of the molecule is Cc1cc(CN2CN(Cc3cc(C)c(C(C)(C)C)c(O)c3C)CN(Cc3cc(C)c(C(C)(C)C)c(O)c3C)C2)c(C)c(O)c1C(C)(C)C. The maximum Gasteiger partial charge on any atom is 0.122 e. The molecular weight excluding hydrogens is 594 g/mol. The van der Waals surface area contributed by atoms with E-state index >= 15 is 0 Å². The van der Waals surface area contributed by atoms with Gasteiger partial charge in [-0.1, -0.05) is 80.5 Å². The summed E-state index contributed by atoms with van der Waals surface area (Å²) in [5.74, 6) is 1.22. The summed E-state index contributed by atoms with van der Waals surface area (Å²) >= 11 is 0. The first-order chi connectivity index (χ1) is 21.9. The van der Waals surface area contributed by atoms with Crippen molar-refractivity contribution in [3.8, 4) is 17.2 Å². The van der Waals surface area contributed by atoms with Crippen LogP contribution in [0, 0.1) is 41.5 Å². The number of aromatic hydroxyl groups is 3. The van der Waals surface area contributed by atoms with Crippen LogP contribution in [-0.4, -0.2) is 50.0 Å². The predicted molar refractivity (Wildman–Crippen MR) is 200 cm³/mol. The van der Waals surface area contributed by atoms with E-state index in [0.717, 1.165) is 86.8 Å². The van der Waals surface area contributed by atoms with Crippen molar-refractivity contribution in [2.75, 3.05) is 20.0 Å². The fourth-order valence-electron chi connectivity index (χ4n) is 8.24. The fraction of sp³-hybridized carbons (Fsp3) is 0.571. The summed E-state index contributed by atoms with van der Waals surface area (Å²) in [5, 5.41) is 34.1. The van der Waals surface area contributed by atoms with E-state index in [1.165, 1.54) is 0 Å².